The standard InChI is InChI=1S/C13H13BrF4O2/c14-10-5-3-9(4-6-10)11(19)2-1-7-20-8-13(17,18)12(15)16/h3-6,12H,1-2,7-8H2. The lowest BCUT2D eigenvalue weighted by Gasteiger charge is -2.14. The number of ketones is 1. The van der Waals surface area contributed by atoms with E-state index in [0.717, 1.165) is 4.47 Å². The topological polar surface area (TPSA) is 26.3 Å². The minimum atomic E-state index is -4.14. The summed E-state index contributed by atoms with van der Waals surface area (Å²) in [7, 11) is 0. The Morgan fingerprint density at radius 2 is 1.85 bits per heavy atom. The summed E-state index contributed by atoms with van der Waals surface area (Å²) in [5, 5.41) is 0. The molecule has 0 atom stereocenters. The first kappa shape index (κ1) is 17.1. The van der Waals surface area contributed by atoms with Gasteiger partial charge in [-0.2, -0.15) is 8.78 Å². The summed E-state index contributed by atoms with van der Waals surface area (Å²) >= 11 is 3.23. The fourth-order valence-electron chi connectivity index (χ4n) is 1.39. The van der Waals surface area contributed by atoms with Crippen LogP contribution in [-0.4, -0.2) is 31.3 Å². The van der Waals surface area contributed by atoms with Gasteiger partial charge in [0.15, 0.2) is 5.78 Å². The number of halogens is 5. The number of rotatable bonds is 8. The Morgan fingerprint density at radius 1 is 1.25 bits per heavy atom. The molecule has 1 rings (SSSR count). The van der Waals surface area contributed by atoms with Gasteiger partial charge in [-0.25, -0.2) is 8.78 Å². The van der Waals surface area contributed by atoms with Crippen molar-refractivity contribution in [2.75, 3.05) is 13.2 Å². The molecule has 0 aliphatic heterocycles. The van der Waals surface area contributed by atoms with Crippen LogP contribution < -0.4 is 0 Å². The Morgan fingerprint density at radius 3 is 2.40 bits per heavy atom. The van der Waals surface area contributed by atoms with E-state index in [-0.39, 0.29) is 25.2 Å². The van der Waals surface area contributed by atoms with Crippen LogP contribution in [0.2, 0.25) is 0 Å². The number of carbonyl (C=O) groups is 1. The molecular formula is C13H13BrF4O2. The molecule has 20 heavy (non-hydrogen) atoms. The molecule has 7 heteroatoms. The Labute approximate surface area is 122 Å². The summed E-state index contributed by atoms with van der Waals surface area (Å²) in [6, 6.07) is 6.70. The van der Waals surface area contributed by atoms with Crippen LogP contribution in [-0.2, 0) is 4.74 Å². The third-order valence-electron chi connectivity index (χ3n) is 2.47. The molecule has 0 N–H and O–H groups in total. The van der Waals surface area contributed by atoms with Crippen molar-refractivity contribution in [3.63, 3.8) is 0 Å². The Kier molecular flexibility index (Phi) is 6.61. The highest BCUT2D eigenvalue weighted by Gasteiger charge is 2.40. The van der Waals surface area contributed by atoms with Gasteiger partial charge in [0, 0.05) is 23.1 Å². The van der Waals surface area contributed by atoms with E-state index in [1.807, 2.05) is 0 Å². The normalized spacial score (nSPS) is 11.9. The maximum Gasteiger partial charge on any atom is 0.330 e. The van der Waals surface area contributed by atoms with Gasteiger partial charge in [0.25, 0.3) is 0 Å². The molecule has 0 heterocycles. The van der Waals surface area contributed by atoms with Crippen LogP contribution in [0, 0.1) is 0 Å². The molecule has 0 aliphatic rings. The molecule has 0 aromatic heterocycles. The summed E-state index contributed by atoms with van der Waals surface area (Å²) in [4.78, 5) is 11.7. The molecule has 0 spiro atoms. The molecule has 1 aromatic carbocycles. The van der Waals surface area contributed by atoms with E-state index >= 15 is 0 Å². The zero-order chi connectivity index (χ0) is 15.2. The predicted octanol–water partition coefficient (Wildman–Crippen LogP) is 4.33. The highest BCUT2D eigenvalue weighted by molar-refractivity contribution is 9.10. The van der Waals surface area contributed by atoms with E-state index in [1.54, 1.807) is 24.3 Å². The van der Waals surface area contributed by atoms with Gasteiger partial charge in [-0.15, -0.1) is 0 Å². The van der Waals surface area contributed by atoms with Gasteiger partial charge >= 0.3 is 12.3 Å². The van der Waals surface area contributed by atoms with Gasteiger partial charge < -0.3 is 4.74 Å². The molecule has 112 valence electrons. The van der Waals surface area contributed by atoms with E-state index in [0.29, 0.717) is 5.56 Å². The average molecular weight is 357 g/mol. The van der Waals surface area contributed by atoms with Crippen LogP contribution in [0.1, 0.15) is 23.2 Å². The quantitative estimate of drug-likeness (QED) is 0.393. The molecule has 0 bridgehead atoms. The van der Waals surface area contributed by atoms with Gasteiger partial charge in [0.1, 0.15) is 6.61 Å². The van der Waals surface area contributed by atoms with E-state index < -0.39 is 19.0 Å². The maximum absolute atomic E-state index is 12.5. The number of hydrogen-bond acceptors (Lipinski definition) is 2. The first-order valence-corrected chi connectivity index (χ1v) is 6.65. The SMILES string of the molecule is O=C(CCCOCC(F)(F)C(F)F)c1ccc(Br)cc1. The van der Waals surface area contributed by atoms with Crippen molar-refractivity contribution in [3.05, 3.63) is 34.3 Å². The van der Waals surface area contributed by atoms with Crippen LogP contribution >= 0.6 is 15.9 Å². The van der Waals surface area contributed by atoms with Crippen molar-refractivity contribution in [2.45, 2.75) is 25.2 Å². The summed E-state index contributed by atoms with van der Waals surface area (Å²) in [6.45, 7) is -1.50. The Balaban J connectivity index is 2.25. The minimum absolute atomic E-state index is 0.113. The fourth-order valence-corrected chi connectivity index (χ4v) is 1.65. The number of hydrogen-bond donors (Lipinski definition) is 0. The summed E-state index contributed by atoms with van der Waals surface area (Å²) < 4.78 is 53.9. The van der Waals surface area contributed by atoms with E-state index in [9.17, 15) is 22.4 Å². The molecule has 2 nitrogen and oxygen atoms in total. The molecular weight excluding hydrogens is 344 g/mol. The van der Waals surface area contributed by atoms with Gasteiger partial charge in [0.2, 0.25) is 0 Å². The lowest BCUT2D eigenvalue weighted by Crippen LogP contribution is -2.32. The van der Waals surface area contributed by atoms with Gasteiger partial charge in [0.05, 0.1) is 0 Å². The van der Waals surface area contributed by atoms with Crippen molar-refractivity contribution < 1.29 is 27.1 Å². The number of alkyl halides is 4. The van der Waals surface area contributed by atoms with Crippen molar-refractivity contribution in [1.29, 1.82) is 0 Å². The lowest BCUT2D eigenvalue weighted by molar-refractivity contribution is -0.165. The molecule has 0 unspecified atom stereocenters. The van der Waals surface area contributed by atoms with E-state index in [2.05, 4.69) is 20.7 Å². The molecule has 0 saturated carbocycles. The third-order valence-corrected chi connectivity index (χ3v) is 3.00. The van der Waals surface area contributed by atoms with Crippen LogP contribution in [0.4, 0.5) is 17.6 Å². The number of benzene rings is 1. The van der Waals surface area contributed by atoms with Crippen LogP contribution in [0.3, 0.4) is 0 Å². The molecule has 0 amide bonds. The molecule has 0 radical (unpaired) electrons. The molecule has 0 saturated heterocycles. The van der Waals surface area contributed by atoms with Crippen LogP contribution in [0.15, 0.2) is 28.7 Å². The molecule has 0 aliphatic carbocycles. The smallest absolute Gasteiger partial charge is 0.330 e. The second-order valence-corrected chi connectivity index (χ2v) is 5.06. The average Bonchev–Trinajstić information content (AvgIpc) is 2.38. The van der Waals surface area contributed by atoms with Gasteiger partial charge in [-0.05, 0) is 18.6 Å². The summed E-state index contributed by atoms with van der Waals surface area (Å²) in [5.41, 5.74) is 0.506. The zero-order valence-corrected chi connectivity index (χ0v) is 12.0. The second kappa shape index (κ2) is 7.73. The minimum Gasteiger partial charge on any atom is -0.375 e. The zero-order valence-electron chi connectivity index (χ0n) is 10.4. The Bertz CT molecular complexity index is 435. The number of carbonyl (C=O) groups excluding carboxylic acids is 1. The first-order valence-electron chi connectivity index (χ1n) is 5.85. The largest absolute Gasteiger partial charge is 0.375 e. The third kappa shape index (κ3) is 5.58. The molecule has 1 aromatic rings. The van der Waals surface area contributed by atoms with Crippen molar-refractivity contribution in [2.24, 2.45) is 0 Å². The number of ether oxygens (including phenoxy) is 1. The molecule has 0 fully saturated rings. The maximum atomic E-state index is 12.5. The van der Waals surface area contributed by atoms with Crippen molar-refractivity contribution in [1.82, 2.24) is 0 Å². The van der Waals surface area contributed by atoms with Crippen molar-refractivity contribution in [3.8, 4) is 0 Å². The lowest BCUT2D eigenvalue weighted by atomic mass is 10.1. The number of Topliss-reactive ketones (excluding diaryl/α,β-unsaturated/α-hetero) is 1. The monoisotopic (exact) mass is 356 g/mol. The second-order valence-electron chi connectivity index (χ2n) is 4.15. The highest BCUT2D eigenvalue weighted by Crippen LogP contribution is 2.22. The van der Waals surface area contributed by atoms with E-state index in [1.165, 1.54) is 0 Å². The van der Waals surface area contributed by atoms with Crippen LogP contribution in [0.25, 0.3) is 0 Å². The van der Waals surface area contributed by atoms with Crippen molar-refractivity contribution >= 4 is 21.7 Å². The first-order chi connectivity index (χ1) is 9.33. The highest BCUT2D eigenvalue weighted by atomic mass is 79.9. The fraction of sp³-hybridized carbons (Fsp3) is 0.462. The van der Waals surface area contributed by atoms with E-state index in [4.69, 9.17) is 0 Å². The van der Waals surface area contributed by atoms with Gasteiger partial charge in [-0.3, -0.25) is 4.79 Å². The Hall–Kier alpha value is -0.950. The van der Waals surface area contributed by atoms with Crippen LogP contribution in [0.5, 0.6) is 0 Å². The summed E-state index contributed by atoms with van der Waals surface area (Å²) in [6.07, 6.45) is -3.43. The van der Waals surface area contributed by atoms with Gasteiger partial charge in [-0.1, -0.05) is 28.1 Å². The predicted molar refractivity (Wildman–Crippen MR) is 69.5 cm³/mol. The summed E-state index contributed by atoms with van der Waals surface area (Å²) in [5.74, 6) is -4.29.